The van der Waals surface area contributed by atoms with Gasteiger partial charge in [-0.05, 0) is 80.0 Å². The van der Waals surface area contributed by atoms with Crippen LogP contribution in [0.3, 0.4) is 0 Å². The van der Waals surface area contributed by atoms with Gasteiger partial charge in [0.1, 0.15) is 0 Å². The molecule has 8 aromatic carbocycles. The molecule has 0 amide bonds. The Balaban J connectivity index is 1.29. The Morgan fingerprint density at radius 1 is 0.404 bits per heavy atom. The molecular weight excluding hydrogens is 569 g/mol. The number of pyridine rings is 1. The van der Waals surface area contributed by atoms with Crippen molar-refractivity contribution in [2.24, 2.45) is 0 Å². The van der Waals surface area contributed by atoms with Crippen LogP contribution in [-0.2, 0) is 0 Å². The minimum atomic E-state index is 1.02. The van der Waals surface area contributed by atoms with Gasteiger partial charge in [-0.25, -0.2) is 0 Å². The third-order valence-corrected chi connectivity index (χ3v) is 9.78. The molecule has 0 saturated carbocycles. The van der Waals surface area contributed by atoms with E-state index in [1.54, 1.807) is 0 Å². The predicted octanol–water partition coefficient (Wildman–Crippen LogP) is 12.1. The third kappa shape index (κ3) is 3.89. The molecule has 0 saturated heterocycles. The van der Waals surface area contributed by atoms with E-state index in [9.17, 15) is 0 Å². The first-order valence-corrected chi connectivity index (χ1v) is 16.1. The molecule has 0 aliphatic rings. The van der Waals surface area contributed by atoms with E-state index in [1.807, 2.05) is 12.3 Å². The zero-order valence-corrected chi connectivity index (χ0v) is 25.6. The molecule has 0 radical (unpaired) electrons. The van der Waals surface area contributed by atoms with Crippen LogP contribution >= 0.6 is 0 Å². The largest absolute Gasteiger partial charge is 0.309 e. The molecule has 47 heavy (non-hydrogen) atoms. The minimum Gasteiger partial charge on any atom is -0.309 e. The molecular formula is C45H28N2. The number of hydrogen-bond donors (Lipinski definition) is 0. The molecule has 0 atom stereocenters. The van der Waals surface area contributed by atoms with E-state index in [4.69, 9.17) is 4.98 Å². The van der Waals surface area contributed by atoms with Crippen molar-refractivity contribution in [1.82, 2.24) is 9.55 Å². The maximum atomic E-state index is 4.71. The summed E-state index contributed by atoms with van der Waals surface area (Å²) >= 11 is 0. The molecule has 10 aromatic rings. The molecule has 2 heterocycles. The van der Waals surface area contributed by atoms with Crippen LogP contribution in [0.4, 0.5) is 0 Å². The summed E-state index contributed by atoms with van der Waals surface area (Å²) in [5.41, 5.74) is 9.39. The number of para-hydroxylation sites is 3. The zero-order chi connectivity index (χ0) is 30.9. The van der Waals surface area contributed by atoms with Gasteiger partial charge in [-0.3, -0.25) is 4.98 Å². The third-order valence-electron chi connectivity index (χ3n) is 9.78. The fraction of sp³-hybridized carbons (Fsp3) is 0. The van der Waals surface area contributed by atoms with Crippen LogP contribution in [-0.4, -0.2) is 9.55 Å². The highest BCUT2D eigenvalue weighted by molar-refractivity contribution is 6.37. The van der Waals surface area contributed by atoms with Crippen molar-refractivity contribution in [1.29, 1.82) is 0 Å². The molecule has 0 unspecified atom stereocenters. The van der Waals surface area contributed by atoms with E-state index in [0.29, 0.717) is 0 Å². The highest BCUT2D eigenvalue weighted by atomic mass is 15.0. The van der Waals surface area contributed by atoms with Crippen molar-refractivity contribution in [3.8, 4) is 27.9 Å². The van der Waals surface area contributed by atoms with Gasteiger partial charge in [0.15, 0.2) is 0 Å². The Labute approximate surface area is 271 Å². The summed E-state index contributed by atoms with van der Waals surface area (Å²) < 4.78 is 2.47. The van der Waals surface area contributed by atoms with Crippen LogP contribution < -0.4 is 0 Å². The lowest BCUT2D eigenvalue weighted by Gasteiger charge is -2.17. The SMILES string of the molecule is c1ccc(-n2c3ccccc3c3c4ccccc4c4cc(-c5ccc(-c6cnc7ccccc7c6)cc5)c5ccccc5c4c32)cc1. The topological polar surface area (TPSA) is 17.8 Å². The Kier molecular flexibility index (Phi) is 5.61. The summed E-state index contributed by atoms with van der Waals surface area (Å²) in [7, 11) is 0. The number of hydrogen-bond acceptors (Lipinski definition) is 1. The summed E-state index contributed by atoms with van der Waals surface area (Å²) in [5, 5.41) is 11.4. The molecule has 218 valence electrons. The summed E-state index contributed by atoms with van der Waals surface area (Å²) in [6, 6.07) is 59.4. The smallest absolute Gasteiger partial charge is 0.0702 e. The van der Waals surface area contributed by atoms with E-state index < -0.39 is 0 Å². The van der Waals surface area contributed by atoms with Crippen LogP contribution in [0.2, 0.25) is 0 Å². The lowest BCUT2D eigenvalue weighted by molar-refractivity contribution is 1.19. The van der Waals surface area contributed by atoms with Crippen molar-refractivity contribution >= 4 is 65.0 Å². The molecule has 10 rings (SSSR count). The van der Waals surface area contributed by atoms with Crippen molar-refractivity contribution in [2.45, 2.75) is 0 Å². The van der Waals surface area contributed by atoms with Gasteiger partial charge in [0.2, 0.25) is 0 Å². The molecule has 0 N–H and O–H groups in total. The summed E-state index contributed by atoms with van der Waals surface area (Å²) in [6.07, 6.45) is 1.98. The molecule has 0 aliphatic heterocycles. The molecule has 2 heteroatoms. The van der Waals surface area contributed by atoms with Crippen LogP contribution in [0, 0.1) is 0 Å². The van der Waals surface area contributed by atoms with Gasteiger partial charge in [0, 0.05) is 39.0 Å². The molecule has 0 aliphatic carbocycles. The number of fused-ring (bicyclic) bond motifs is 11. The second-order valence-corrected chi connectivity index (χ2v) is 12.3. The summed E-state index contributed by atoms with van der Waals surface area (Å²) in [4.78, 5) is 4.71. The van der Waals surface area contributed by atoms with Crippen molar-refractivity contribution in [2.75, 3.05) is 0 Å². The highest BCUT2D eigenvalue weighted by Crippen LogP contribution is 2.46. The van der Waals surface area contributed by atoms with E-state index in [-0.39, 0.29) is 0 Å². The monoisotopic (exact) mass is 596 g/mol. The van der Waals surface area contributed by atoms with Gasteiger partial charge in [-0.2, -0.15) is 0 Å². The quantitative estimate of drug-likeness (QED) is 0.186. The number of aromatic nitrogens is 2. The average molecular weight is 597 g/mol. The standard InChI is InChI=1S/C45H28N2/c1-2-13-33(14-3-1)47-42-21-11-9-19-38(42)43-37-18-8-6-16-35(37)40-27-39(34-15-5-7-17-36(34)44(40)45(43)47)30-24-22-29(23-25-30)32-26-31-12-4-10-20-41(31)46-28-32/h1-28H. The van der Waals surface area contributed by atoms with Crippen molar-refractivity contribution < 1.29 is 0 Å². The van der Waals surface area contributed by atoms with Crippen LogP contribution in [0.1, 0.15) is 0 Å². The van der Waals surface area contributed by atoms with Crippen molar-refractivity contribution in [3.63, 3.8) is 0 Å². The van der Waals surface area contributed by atoms with E-state index >= 15 is 0 Å². The first kappa shape index (κ1) is 26.0. The average Bonchev–Trinajstić information content (AvgIpc) is 3.50. The maximum absolute atomic E-state index is 4.71. The molecule has 0 fully saturated rings. The minimum absolute atomic E-state index is 1.02. The molecule has 2 nitrogen and oxygen atoms in total. The highest BCUT2D eigenvalue weighted by Gasteiger charge is 2.21. The Morgan fingerprint density at radius 3 is 1.81 bits per heavy atom. The molecule has 0 bridgehead atoms. The van der Waals surface area contributed by atoms with Crippen LogP contribution in [0.25, 0.3) is 93.0 Å². The Hall–Kier alpha value is -6.25. The van der Waals surface area contributed by atoms with Crippen molar-refractivity contribution in [3.05, 3.63) is 170 Å². The van der Waals surface area contributed by atoms with Gasteiger partial charge in [0.05, 0.1) is 16.6 Å². The first-order chi connectivity index (χ1) is 23.3. The lowest BCUT2D eigenvalue weighted by atomic mass is 9.88. The Morgan fingerprint density at radius 2 is 1.00 bits per heavy atom. The van der Waals surface area contributed by atoms with Crippen LogP contribution in [0.5, 0.6) is 0 Å². The fourth-order valence-electron chi connectivity index (χ4n) is 7.68. The van der Waals surface area contributed by atoms with Gasteiger partial charge in [-0.1, -0.05) is 127 Å². The molecule has 0 spiro atoms. The summed E-state index contributed by atoms with van der Waals surface area (Å²) in [5.74, 6) is 0. The lowest BCUT2D eigenvalue weighted by Crippen LogP contribution is -1.95. The fourth-order valence-corrected chi connectivity index (χ4v) is 7.68. The van der Waals surface area contributed by atoms with E-state index in [1.165, 1.54) is 70.9 Å². The zero-order valence-electron chi connectivity index (χ0n) is 25.6. The normalized spacial score (nSPS) is 11.8. The van der Waals surface area contributed by atoms with Gasteiger partial charge in [-0.15, -0.1) is 0 Å². The second-order valence-electron chi connectivity index (χ2n) is 12.3. The molecule has 2 aromatic heterocycles. The number of nitrogens with zero attached hydrogens (tertiary/aromatic N) is 2. The van der Waals surface area contributed by atoms with Gasteiger partial charge in [0.25, 0.3) is 0 Å². The number of rotatable bonds is 3. The number of benzene rings is 8. The maximum Gasteiger partial charge on any atom is 0.0702 e. The predicted molar refractivity (Wildman–Crippen MR) is 199 cm³/mol. The van der Waals surface area contributed by atoms with E-state index in [0.717, 1.165) is 22.0 Å². The first-order valence-electron chi connectivity index (χ1n) is 16.1. The van der Waals surface area contributed by atoms with Gasteiger partial charge < -0.3 is 4.57 Å². The van der Waals surface area contributed by atoms with Crippen LogP contribution in [0.15, 0.2) is 170 Å². The van der Waals surface area contributed by atoms with Gasteiger partial charge >= 0.3 is 0 Å². The Bertz CT molecular complexity index is 2830. The second kappa shape index (κ2) is 10.1. The summed E-state index contributed by atoms with van der Waals surface area (Å²) in [6.45, 7) is 0. The van der Waals surface area contributed by atoms with E-state index in [2.05, 4.69) is 162 Å².